The van der Waals surface area contributed by atoms with E-state index in [0.717, 1.165) is 33.0 Å². The van der Waals surface area contributed by atoms with Gasteiger partial charge < -0.3 is 14.2 Å². The summed E-state index contributed by atoms with van der Waals surface area (Å²) in [5.74, 6) is -0.941. The van der Waals surface area contributed by atoms with Crippen molar-refractivity contribution in [1.82, 2.24) is 0 Å². The Bertz CT molecular complexity index is 1560. The number of carbonyl (C=O) groups is 3. The Balaban J connectivity index is 1.38. The van der Waals surface area contributed by atoms with Crippen LogP contribution in [0.5, 0.6) is 5.75 Å². The van der Waals surface area contributed by atoms with Gasteiger partial charge in [-0.2, -0.15) is 0 Å². The first-order valence-corrected chi connectivity index (χ1v) is 12.3. The van der Waals surface area contributed by atoms with E-state index in [-0.39, 0.29) is 13.2 Å². The minimum absolute atomic E-state index is 0.113. The predicted octanol–water partition coefficient (Wildman–Crippen LogP) is 6.96. The average molecular weight is 521 g/mol. The first kappa shape index (κ1) is 27.1. The summed E-state index contributed by atoms with van der Waals surface area (Å²) < 4.78 is 15.8. The van der Waals surface area contributed by atoms with Crippen LogP contribution in [0, 0.1) is 0 Å². The van der Waals surface area contributed by atoms with E-state index in [1.807, 2.05) is 42.5 Å². The lowest BCUT2D eigenvalue weighted by Gasteiger charge is -2.09. The summed E-state index contributed by atoms with van der Waals surface area (Å²) in [4.78, 5) is 35.8. The summed E-state index contributed by atoms with van der Waals surface area (Å²) in [6.07, 6.45) is 0. The Labute approximate surface area is 227 Å². The summed E-state index contributed by atoms with van der Waals surface area (Å²) in [5, 5.41) is 2.08. The highest BCUT2D eigenvalue weighted by molar-refractivity contribution is 5.92. The van der Waals surface area contributed by atoms with Crippen LogP contribution in [-0.4, -0.2) is 17.9 Å². The lowest BCUT2D eigenvalue weighted by Crippen LogP contribution is -2.08. The Morgan fingerprint density at radius 3 is 1.74 bits per heavy atom. The highest BCUT2D eigenvalue weighted by Gasteiger charge is 2.11. The molecule has 0 bridgehead atoms. The molecule has 0 fully saturated rings. The summed E-state index contributed by atoms with van der Waals surface area (Å²) in [7, 11) is 0. The third kappa shape index (κ3) is 7.08. The average Bonchev–Trinajstić information content (AvgIpc) is 2.94. The molecule has 4 aromatic rings. The third-order valence-electron chi connectivity index (χ3n) is 5.93. The summed E-state index contributed by atoms with van der Waals surface area (Å²) >= 11 is 0. The van der Waals surface area contributed by atoms with Gasteiger partial charge in [-0.05, 0) is 83.3 Å². The first-order valence-electron chi connectivity index (χ1n) is 12.3. The van der Waals surface area contributed by atoms with Crippen LogP contribution in [0.1, 0.15) is 35.3 Å². The van der Waals surface area contributed by atoms with Crippen molar-refractivity contribution < 1.29 is 28.6 Å². The van der Waals surface area contributed by atoms with Crippen LogP contribution in [0.15, 0.2) is 109 Å². The zero-order valence-corrected chi connectivity index (χ0v) is 21.9. The molecular weight excluding hydrogens is 492 g/mol. The highest BCUT2D eigenvalue weighted by Crippen LogP contribution is 2.26. The van der Waals surface area contributed by atoms with Crippen molar-refractivity contribution in [2.75, 3.05) is 0 Å². The topological polar surface area (TPSA) is 78.9 Å². The second-order valence-corrected chi connectivity index (χ2v) is 9.22. The van der Waals surface area contributed by atoms with Crippen molar-refractivity contribution in [3.63, 3.8) is 0 Å². The lowest BCUT2D eigenvalue weighted by molar-refractivity contribution is -0.141. The molecule has 0 aliphatic carbocycles. The molecule has 0 amide bonds. The van der Waals surface area contributed by atoms with E-state index in [9.17, 15) is 14.4 Å². The molecule has 0 saturated carbocycles. The first-order chi connectivity index (χ1) is 18.7. The molecular formula is C33H28O6. The highest BCUT2D eigenvalue weighted by atomic mass is 16.5. The fraction of sp³-hybridized carbons (Fsp3) is 0.121. The van der Waals surface area contributed by atoms with Crippen LogP contribution in [0.4, 0.5) is 0 Å². The van der Waals surface area contributed by atoms with Gasteiger partial charge in [-0.1, -0.05) is 61.7 Å². The Morgan fingerprint density at radius 1 is 0.615 bits per heavy atom. The van der Waals surface area contributed by atoms with E-state index in [1.165, 1.54) is 0 Å². The normalized spacial score (nSPS) is 10.5. The standard InChI is InChI=1S/C33H28O6/c1-21(2)31(34)37-19-23-6-15-30(16-7-23)39-33(36)26-11-9-25(10-12-26)28-14-13-27-17-24(5-8-29(27)18-28)20-38-32(35)22(3)4/h5-18H,1,3,19-20H2,2,4H3. The van der Waals surface area contributed by atoms with E-state index >= 15 is 0 Å². The van der Waals surface area contributed by atoms with Crippen molar-refractivity contribution >= 4 is 28.7 Å². The molecule has 0 spiro atoms. The summed E-state index contributed by atoms with van der Waals surface area (Å²) in [6, 6.07) is 26.0. The van der Waals surface area contributed by atoms with Gasteiger partial charge in [-0.3, -0.25) is 0 Å². The smallest absolute Gasteiger partial charge is 0.343 e. The van der Waals surface area contributed by atoms with Gasteiger partial charge in [0, 0.05) is 11.1 Å². The molecule has 6 nitrogen and oxygen atoms in total. The van der Waals surface area contributed by atoms with Crippen LogP contribution in [0.2, 0.25) is 0 Å². The molecule has 0 aromatic heterocycles. The monoisotopic (exact) mass is 520 g/mol. The fourth-order valence-electron chi connectivity index (χ4n) is 3.73. The van der Waals surface area contributed by atoms with Gasteiger partial charge in [0.15, 0.2) is 0 Å². The molecule has 0 aliphatic heterocycles. The number of fused-ring (bicyclic) bond motifs is 1. The Morgan fingerprint density at radius 2 is 1.13 bits per heavy atom. The number of hydrogen-bond donors (Lipinski definition) is 0. The minimum atomic E-state index is -0.471. The summed E-state index contributed by atoms with van der Waals surface area (Å²) in [6.45, 7) is 10.6. The molecule has 0 unspecified atom stereocenters. The molecule has 6 heteroatoms. The predicted molar refractivity (Wildman–Crippen MR) is 150 cm³/mol. The maximum absolute atomic E-state index is 12.6. The van der Waals surface area contributed by atoms with Crippen molar-refractivity contribution in [3.05, 3.63) is 126 Å². The van der Waals surface area contributed by atoms with Gasteiger partial charge >= 0.3 is 17.9 Å². The Kier molecular flexibility index (Phi) is 8.37. The van der Waals surface area contributed by atoms with Gasteiger partial charge in [-0.25, -0.2) is 14.4 Å². The lowest BCUT2D eigenvalue weighted by atomic mass is 9.99. The van der Waals surface area contributed by atoms with Gasteiger partial charge in [0.2, 0.25) is 0 Å². The van der Waals surface area contributed by atoms with Crippen molar-refractivity contribution in [2.45, 2.75) is 27.1 Å². The maximum atomic E-state index is 12.6. The third-order valence-corrected chi connectivity index (χ3v) is 5.93. The van der Waals surface area contributed by atoms with E-state index < -0.39 is 17.9 Å². The fourth-order valence-corrected chi connectivity index (χ4v) is 3.73. The summed E-state index contributed by atoms with van der Waals surface area (Å²) in [5.41, 5.74) is 4.76. The van der Waals surface area contributed by atoms with Gasteiger partial charge in [0.25, 0.3) is 0 Å². The van der Waals surface area contributed by atoms with Gasteiger partial charge in [-0.15, -0.1) is 0 Å². The molecule has 0 radical (unpaired) electrons. The van der Waals surface area contributed by atoms with Crippen LogP contribution >= 0.6 is 0 Å². The SMILES string of the molecule is C=C(C)C(=O)OCc1ccc(OC(=O)c2ccc(-c3ccc4cc(COC(=O)C(=C)C)ccc4c3)cc2)cc1. The van der Waals surface area contributed by atoms with E-state index in [0.29, 0.717) is 22.5 Å². The van der Waals surface area contributed by atoms with Crippen molar-refractivity contribution in [1.29, 1.82) is 0 Å². The van der Waals surface area contributed by atoms with Crippen molar-refractivity contribution in [3.8, 4) is 16.9 Å². The van der Waals surface area contributed by atoms with Gasteiger partial charge in [0.1, 0.15) is 19.0 Å². The zero-order valence-electron chi connectivity index (χ0n) is 21.9. The second-order valence-electron chi connectivity index (χ2n) is 9.22. The number of hydrogen-bond acceptors (Lipinski definition) is 6. The quantitative estimate of drug-likeness (QED) is 0.135. The van der Waals surface area contributed by atoms with E-state index in [2.05, 4.69) is 19.2 Å². The molecule has 196 valence electrons. The number of benzene rings is 4. The molecule has 39 heavy (non-hydrogen) atoms. The zero-order chi connectivity index (χ0) is 27.9. The van der Waals surface area contributed by atoms with Crippen LogP contribution in [0.3, 0.4) is 0 Å². The molecule has 4 rings (SSSR count). The van der Waals surface area contributed by atoms with Gasteiger partial charge in [0.05, 0.1) is 5.56 Å². The Hall–Kier alpha value is -4.97. The maximum Gasteiger partial charge on any atom is 0.343 e. The van der Waals surface area contributed by atoms with E-state index in [1.54, 1.807) is 50.2 Å². The number of carbonyl (C=O) groups excluding carboxylic acids is 3. The largest absolute Gasteiger partial charge is 0.457 e. The number of esters is 3. The molecule has 0 saturated heterocycles. The molecule has 0 N–H and O–H groups in total. The number of rotatable bonds is 9. The second kappa shape index (κ2) is 12.0. The number of ether oxygens (including phenoxy) is 3. The van der Waals surface area contributed by atoms with Crippen LogP contribution < -0.4 is 4.74 Å². The van der Waals surface area contributed by atoms with E-state index in [4.69, 9.17) is 14.2 Å². The molecule has 0 atom stereocenters. The van der Waals surface area contributed by atoms with Crippen molar-refractivity contribution in [2.24, 2.45) is 0 Å². The van der Waals surface area contributed by atoms with Crippen LogP contribution in [-0.2, 0) is 32.3 Å². The molecule has 0 heterocycles. The molecule has 0 aliphatic rings. The van der Waals surface area contributed by atoms with Crippen LogP contribution in [0.25, 0.3) is 21.9 Å². The minimum Gasteiger partial charge on any atom is -0.457 e. The molecule has 4 aromatic carbocycles.